The number of amides is 2. The van der Waals surface area contributed by atoms with E-state index in [1.54, 1.807) is 24.3 Å². The van der Waals surface area contributed by atoms with Crippen molar-refractivity contribution in [3.63, 3.8) is 0 Å². The Labute approximate surface area is 159 Å². The lowest BCUT2D eigenvalue weighted by Crippen LogP contribution is -2.18. The highest BCUT2D eigenvalue weighted by Crippen LogP contribution is 2.24. The monoisotopic (exact) mass is 383 g/mol. The zero-order chi connectivity index (χ0) is 20.1. The fourth-order valence-corrected chi connectivity index (χ4v) is 2.43. The van der Waals surface area contributed by atoms with Crippen LogP contribution >= 0.6 is 0 Å². The van der Waals surface area contributed by atoms with Gasteiger partial charge in [-0.05, 0) is 36.4 Å². The van der Waals surface area contributed by atoms with Gasteiger partial charge in [0.05, 0.1) is 12.8 Å². The van der Waals surface area contributed by atoms with E-state index < -0.39 is 29.1 Å². The second-order valence-corrected chi connectivity index (χ2v) is 5.63. The van der Waals surface area contributed by atoms with E-state index in [-0.39, 0.29) is 11.3 Å². The number of benzene rings is 2. The van der Waals surface area contributed by atoms with Crippen molar-refractivity contribution in [3.8, 4) is 5.75 Å². The molecule has 1 heterocycles. The highest BCUT2D eigenvalue weighted by atomic mass is 19.1. The average Bonchev–Trinajstić information content (AvgIpc) is 2.71. The SMILES string of the molecule is COc1ccccc1NC(=O)c1cc(C(=O)Nc2c(F)cccc2F)ccn1. The first-order chi connectivity index (χ1) is 13.5. The molecule has 0 aliphatic rings. The van der Waals surface area contributed by atoms with Crippen molar-refractivity contribution in [2.45, 2.75) is 0 Å². The van der Waals surface area contributed by atoms with Gasteiger partial charge in [-0.2, -0.15) is 0 Å². The molecule has 3 aromatic rings. The van der Waals surface area contributed by atoms with E-state index in [1.165, 1.54) is 31.5 Å². The molecule has 2 amide bonds. The summed E-state index contributed by atoms with van der Waals surface area (Å²) in [5.74, 6) is -2.71. The number of methoxy groups -OCH3 is 1. The number of hydrogen-bond acceptors (Lipinski definition) is 4. The van der Waals surface area contributed by atoms with Crippen LogP contribution in [-0.4, -0.2) is 23.9 Å². The predicted octanol–water partition coefficient (Wildman–Crippen LogP) is 3.87. The molecule has 0 aliphatic heterocycles. The van der Waals surface area contributed by atoms with Gasteiger partial charge in [-0.25, -0.2) is 8.78 Å². The zero-order valence-electron chi connectivity index (χ0n) is 14.7. The average molecular weight is 383 g/mol. The minimum Gasteiger partial charge on any atom is -0.495 e. The number of carbonyl (C=O) groups is 2. The van der Waals surface area contributed by atoms with E-state index in [2.05, 4.69) is 15.6 Å². The highest BCUT2D eigenvalue weighted by molar-refractivity contribution is 6.08. The molecule has 6 nitrogen and oxygen atoms in total. The summed E-state index contributed by atoms with van der Waals surface area (Å²) in [6, 6.07) is 12.6. The van der Waals surface area contributed by atoms with Gasteiger partial charge in [-0.15, -0.1) is 0 Å². The van der Waals surface area contributed by atoms with Crippen LogP contribution in [0.4, 0.5) is 20.2 Å². The molecule has 142 valence electrons. The van der Waals surface area contributed by atoms with Crippen LogP contribution in [0.2, 0.25) is 0 Å². The van der Waals surface area contributed by atoms with E-state index in [0.717, 1.165) is 12.1 Å². The van der Waals surface area contributed by atoms with Crippen LogP contribution in [-0.2, 0) is 0 Å². The lowest BCUT2D eigenvalue weighted by Gasteiger charge is -2.10. The number of carbonyl (C=O) groups excluding carboxylic acids is 2. The summed E-state index contributed by atoms with van der Waals surface area (Å²) in [4.78, 5) is 28.7. The fraction of sp³-hybridized carbons (Fsp3) is 0.0500. The molecule has 8 heteroatoms. The van der Waals surface area contributed by atoms with Gasteiger partial charge in [0, 0.05) is 11.8 Å². The van der Waals surface area contributed by atoms with Gasteiger partial charge in [0.25, 0.3) is 11.8 Å². The Balaban J connectivity index is 1.80. The standard InChI is InChI=1S/C20H15F2N3O3/c1-28-17-8-3-2-7-15(17)24-20(27)16-11-12(9-10-23-16)19(26)25-18-13(21)5-4-6-14(18)22/h2-11H,1H3,(H,24,27)(H,25,26). The molecule has 0 atom stereocenters. The number of hydrogen-bond donors (Lipinski definition) is 2. The van der Waals surface area contributed by atoms with Crippen molar-refractivity contribution in [3.05, 3.63) is 83.7 Å². The van der Waals surface area contributed by atoms with E-state index in [9.17, 15) is 18.4 Å². The molecule has 0 saturated heterocycles. The number of aromatic nitrogens is 1. The van der Waals surface area contributed by atoms with Crippen LogP contribution in [0.15, 0.2) is 60.8 Å². The third-order valence-electron chi connectivity index (χ3n) is 3.81. The van der Waals surface area contributed by atoms with Gasteiger partial charge in [0.15, 0.2) is 0 Å². The quantitative estimate of drug-likeness (QED) is 0.701. The van der Waals surface area contributed by atoms with Crippen LogP contribution in [0.1, 0.15) is 20.8 Å². The third kappa shape index (κ3) is 4.12. The van der Waals surface area contributed by atoms with Crippen LogP contribution in [0.3, 0.4) is 0 Å². The van der Waals surface area contributed by atoms with E-state index in [4.69, 9.17) is 4.74 Å². The lowest BCUT2D eigenvalue weighted by atomic mass is 10.2. The molecule has 0 aliphatic carbocycles. The second-order valence-electron chi connectivity index (χ2n) is 5.63. The Kier molecular flexibility index (Phi) is 5.59. The summed E-state index contributed by atoms with van der Waals surface area (Å²) in [7, 11) is 1.47. The molecule has 0 saturated carbocycles. The number of para-hydroxylation sites is 3. The number of anilines is 2. The Hall–Kier alpha value is -3.81. The molecule has 0 bridgehead atoms. The summed E-state index contributed by atoms with van der Waals surface area (Å²) in [6.45, 7) is 0. The Morgan fingerprint density at radius 1 is 0.929 bits per heavy atom. The number of halogens is 2. The summed E-state index contributed by atoms with van der Waals surface area (Å²) < 4.78 is 32.6. The maximum atomic E-state index is 13.7. The maximum absolute atomic E-state index is 13.7. The first-order valence-electron chi connectivity index (χ1n) is 8.15. The van der Waals surface area contributed by atoms with Gasteiger partial charge in [-0.1, -0.05) is 18.2 Å². The molecular weight excluding hydrogens is 368 g/mol. The maximum Gasteiger partial charge on any atom is 0.274 e. The van der Waals surface area contributed by atoms with Crippen molar-refractivity contribution in [2.24, 2.45) is 0 Å². The summed E-state index contributed by atoms with van der Waals surface area (Å²) in [5.41, 5.74) is -0.167. The molecule has 1 aromatic heterocycles. The second kappa shape index (κ2) is 8.26. The van der Waals surface area contributed by atoms with Crippen LogP contribution in [0, 0.1) is 11.6 Å². The molecular formula is C20H15F2N3O3. The number of nitrogens with one attached hydrogen (secondary N) is 2. The minimum absolute atomic E-state index is 0.0165. The normalized spacial score (nSPS) is 10.2. The van der Waals surface area contributed by atoms with Crippen molar-refractivity contribution in [2.75, 3.05) is 17.7 Å². The van der Waals surface area contributed by atoms with Crippen molar-refractivity contribution >= 4 is 23.2 Å². The number of ether oxygens (including phenoxy) is 1. The smallest absolute Gasteiger partial charge is 0.274 e. The molecule has 28 heavy (non-hydrogen) atoms. The van der Waals surface area contributed by atoms with Gasteiger partial charge in [-0.3, -0.25) is 14.6 Å². The highest BCUT2D eigenvalue weighted by Gasteiger charge is 2.16. The topological polar surface area (TPSA) is 80.3 Å². The molecule has 0 radical (unpaired) electrons. The minimum atomic E-state index is -0.906. The first-order valence-corrected chi connectivity index (χ1v) is 8.15. The van der Waals surface area contributed by atoms with Crippen LogP contribution in [0.25, 0.3) is 0 Å². The van der Waals surface area contributed by atoms with Gasteiger partial charge in [0.2, 0.25) is 0 Å². The molecule has 0 unspecified atom stereocenters. The molecule has 3 rings (SSSR count). The molecule has 2 aromatic carbocycles. The fourth-order valence-electron chi connectivity index (χ4n) is 2.43. The number of rotatable bonds is 5. The van der Waals surface area contributed by atoms with Gasteiger partial charge < -0.3 is 15.4 Å². The van der Waals surface area contributed by atoms with E-state index in [0.29, 0.717) is 11.4 Å². The summed E-state index contributed by atoms with van der Waals surface area (Å²) in [5, 5.41) is 4.79. The van der Waals surface area contributed by atoms with Crippen LogP contribution < -0.4 is 15.4 Å². The van der Waals surface area contributed by atoms with E-state index in [1.807, 2.05) is 0 Å². The number of pyridine rings is 1. The van der Waals surface area contributed by atoms with Crippen molar-refractivity contribution < 1.29 is 23.1 Å². The zero-order valence-corrected chi connectivity index (χ0v) is 14.7. The summed E-state index contributed by atoms with van der Waals surface area (Å²) in [6.07, 6.45) is 1.25. The van der Waals surface area contributed by atoms with E-state index >= 15 is 0 Å². The number of nitrogens with zero attached hydrogens (tertiary/aromatic N) is 1. The predicted molar refractivity (Wildman–Crippen MR) is 99.5 cm³/mol. The Morgan fingerprint density at radius 2 is 1.64 bits per heavy atom. The first kappa shape index (κ1) is 19.0. The van der Waals surface area contributed by atoms with Crippen LogP contribution in [0.5, 0.6) is 5.75 Å². The summed E-state index contributed by atoms with van der Waals surface area (Å²) >= 11 is 0. The van der Waals surface area contributed by atoms with Gasteiger partial charge in [0.1, 0.15) is 28.8 Å². The Morgan fingerprint density at radius 3 is 2.36 bits per heavy atom. The van der Waals surface area contributed by atoms with Gasteiger partial charge >= 0.3 is 0 Å². The molecule has 2 N–H and O–H groups in total. The third-order valence-corrected chi connectivity index (χ3v) is 3.81. The van der Waals surface area contributed by atoms with Crippen molar-refractivity contribution in [1.29, 1.82) is 0 Å². The molecule has 0 fully saturated rings. The van der Waals surface area contributed by atoms with Crippen molar-refractivity contribution in [1.82, 2.24) is 4.98 Å². The lowest BCUT2D eigenvalue weighted by molar-refractivity contribution is 0.102. The Bertz CT molecular complexity index is 1020. The molecule has 0 spiro atoms. The largest absolute Gasteiger partial charge is 0.495 e.